The Kier molecular flexibility index (Phi) is 8.44. The highest BCUT2D eigenvalue weighted by Crippen LogP contribution is 2.30. The van der Waals surface area contributed by atoms with Crippen LogP contribution in [0.1, 0.15) is 22.3 Å². The number of nitrogens with zero attached hydrogens (tertiary/aromatic N) is 2. The van der Waals surface area contributed by atoms with Crippen LogP contribution < -0.4 is 57.1 Å². The van der Waals surface area contributed by atoms with Crippen molar-refractivity contribution in [2.24, 2.45) is 14.1 Å². The van der Waals surface area contributed by atoms with Gasteiger partial charge in [-0.05, 0) is 70.2 Å². The fourth-order valence-corrected chi connectivity index (χ4v) is 4.45. The van der Waals surface area contributed by atoms with Crippen molar-refractivity contribution < 1.29 is 57.1 Å². The number of pyridine rings is 2. The molecule has 8 rings (SSSR count). The van der Waals surface area contributed by atoms with Gasteiger partial charge in [0, 0.05) is 24.3 Å². The molecule has 0 aliphatic heterocycles. The average molecular weight is 646 g/mol. The third-order valence-corrected chi connectivity index (χ3v) is 6.29. The minimum absolute atomic E-state index is 0. The largest absolute Gasteiger partial charge is 1.00 e. The second kappa shape index (κ2) is 10.9. The number of halogens is 2. The van der Waals surface area contributed by atoms with E-state index in [0.717, 1.165) is 25.7 Å². The molecule has 4 aliphatic rings. The highest BCUT2D eigenvalue weighted by atomic mass is 127. The predicted octanol–water partition coefficient (Wildman–Crippen LogP) is -1.44. The van der Waals surface area contributed by atoms with Crippen LogP contribution in [0.3, 0.4) is 0 Å². The van der Waals surface area contributed by atoms with Crippen molar-refractivity contribution in [2.75, 3.05) is 0 Å². The number of hydrogen-bond acceptors (Lipinski definition) is 0. The minimum Gasteiger partial charge on any atom is -1.00 e. The van der Waals surface area contributed by atoms with Gasteiger partial charge in [0.2, 0.25) is 0 Å². The molecule has 4 heteroatoms. The van der Waals surface area contributed by atoms with Gasteiger partial charge >= 0.3 is 0 Å². The van der Waals surface area contributed by atoms with Gasteiger partial charge in [0.05, 0.1) is 0 Å². The summed E-state index contributed by atoms with van der Waals surface area (Å²) in [5, 5.41) is 0. The second-order valence-corrected chi connectivity index (χ2v) is 8.49. The standard InChI is InChI=1S/C28H28N2.2HI/c1-29-15-11-25(12-16-29)27-19-21-3-7-23(27)9-5-22-4-8-24(10-6-21)28(20-22)26-13-17-30(2)18-14-26;;/h3-4,7-8,11-20H,5-6,9-10H2,1-2H3;2*1H/q+2;;/p-2. The van der Waals surface area contributed by atoms with E-state index in [-0.39, 0.29) is 48.0 Å². The zero-order valence-electron chi connectivity index (χ0n) is 18.6. The Balaban J connectivity index is 0.00000144. The van der Waals surface area contributed by atoms with E-state index in [1.165, 1.54) is 44.5 Å². The van der Waals surface area contributed by atoms with Crippen molar-refractivity contribution in [1.82, 2.24) is 0 Å². The van der Waals surface area contributed by atoms with E-state index in [1.807, 2.05) is 0 Å². The van der Waals surface area contributed by atoms with Crippen molar-refractivity contribution in [1.29, 1.82) is 0 Å². The molecule has 0 amide bonds. The first kappa shape index (κ1) is 24.8. The van der Waals surface area contributed by atoms with Crippen molar-refractivity contribution in [3.63, 3.8) is 0 Å². The lowest BCUT2D eigenvalue weighted by atomic mass is 9.88. The molecule has 2 aromatic carbocycles. The first-order valence-electron chi connectivity index (χ1n) is 10.8. The maximum absolute atomic E-state index is 2.42. The van der Waals surface area contributed by atoms with E-state index < -0.39 is 0 Å². The first-order valence-corrected chi connectivity index (χ1v) is 10.8. The Morgan fingerprint density at radius 2 is 0.875 bits per heavy atom. The van der Waals surface area contributed by atoms with Crippen LogP contribution in [0, 0.1) is 0 Å². The van der Waals surface area contributed by atoms with Crippen molar-refractivity contribution in [2.45, 2.75) is 25.7 Å². The lowest BCUT2D eigenvalue weighted by Gasteiger charge is -2.17. The monoisotopic (exact) mass is 646 g/mol. The number of rotatable bonds is 2. The molecule has 32 heavy (non-hydrogen) atoms. The summed E-state index contributed by atoms with van der Waals surface area (Å²) >= 11 is 0. The van der Waals surface area contributed by atoms with E-state index in [4.69, 9.17) is 0 Å². The lowest BCUT2D eigenvalue weighted by Crippen LogP contribution is -3.00. The highest BCUT2D eigenvalue weighted by Gasteiger charge is 2.13. The molecule has 4 bridgehead atoms. The fourth-order valence-electron chi connectivity index (χ4n) is 4.45. The molecule has 2 aromatic heterocycles. The van der Waals surface area contributed by atoms with Gasteiger partial charge in [0.15, 0.2) is 24.8 Å². The summed E-state index contributed by atoms with van der Waals surface area (Å²) in [5.74, 6) is 0. The van der Waals surface area contributed by atoms with Crippen LogP contribution in [0.25, 0.3) is 22.3 Å². The summed E-state index contributed by atoms with van der Waals surface area (Å²) in [5.41, 5.74) is 11.1. The molecule has 4 aromatic rings. The smallest absolute Gasteiger partial charge is 0.169 e. The Hall–Kier alpha value is -1.80. The summed E-state index contributed by atoms with van der Waals surface area (Å²) in [7, 11) is 4.14. The molecule has 0 radical (unpaired) electrons. The molecule has 0 atom stereocenters. The van der Waals surface area contributed by atoms with Gasteiger partial charge in [0.1, 0.15) is 14.1 Å². The van der Waals surface area contributed by atoms with Crippen LogP contribution >= 0.6 is 0 Å². The molecule has 2 nitrogen and oxygen atoms in total. The molecular formula is C28H28I2N2. The van der Waals surface area contributed by atoms with Crippen LogP contribution in [0.15, 0.2) is 85.5 Å². The molecule has 4 aliphatic carbocycles. The zero-order chi connectivity index (χ0) is 20.5. The first-order chi connectivity index (χ1) is 14.7. The average Bonchev–Trinajstić information content (AvgIpc) is 2.76. The molecule has 2 heterocycles. The maximum atomic E-state index is 2.42. The summed E-state index contributed by atoms with van der Waals surface area (Å²) in [6, 6.07) is 23.1. The van der Waals surface area contributed by atoms with Crippen LogP contribution in [0.2, 0.25) is 0 Å². The molecule has 0 saturated heterocycles. The number of aryl methyl sites for hydroxylation is 6. The van der Waals surface area contributed by atoms with Crippen LogP contribution in [-0.2, 0) is 39.8 Å². The van der Waals surface area contributed by atoms with Gasteiger partial charge in [-0.3, -0.25) is 0 Å². The van der Waals surface area contributed by atoms with Crippen molar-refractivity contribution >= 4 is 0 Å². The fraction of sp³-hybridized carbons (Fsp3) is 0.214. The predicted molar refractivity (Wildman–Crippen MR) is 121 cm³/mol. The highest BCUT2D eigenvalue weighted by molar-refractivity contribution is 5.69. The summed E-state index contributed by atoms with van der Waals surface area (Å²) in [4.78, 5) is 0. The second-order valence-electron chi connectivity index (χ2n) is 8.49. The summed E-state index contributed by atoms with van der Waals surface area (Å²) in [6.45, 7) is 0. The topological polar surface area (TPSA) is 7.76 Å². The van der Waals surface area contributed by atoms with E-state index in [1.54, 1.807) is 0 Å². The zero-order valence-corrected chi connectivity index (χ0v) is 22.9. The number of aromatic nitrogens is 2. The van der Waals surface area contributed by atoms with Crippen LogP contribution in [0.4, 0.5) is 0 Å². The maximum Gasteiger partial charge on any atom is 0.169 e. The van der Waals surface area contributed by atoms with E-state index >= 15 is 0 Å². The molecule has 0 unspecified atom stereocenters. The Morgan fingerprint density at radius 1 is 0.500 bits per heavy atom. The van der Waals surface area contributed by atoms with Gasteiger partial charge < -0.3 is 48.0 Å². The summed E-state index contributed by atoms with van der Waals surface area (Å²) in [6.07, 6.45) is 12.8. The molecule has 0 N–H and O–H groups in total. The van der Waals surface area contributed by atoms with E-state index in [0.29, 0.717) is 0 Å². The van der Waals surface area contributed by atoms with Crippen molar-refractivity contribution in [3.8, 4) is 22.3 Å². The normalized spacial score (nSPS) is 12.3. The molecule has 0 saturated carbocycles. The molecule has 0 spiro atoms. The molecule has 164 valence electrons. The number of hydrogen-bond donors (Lipinski definition) is 0. The van der Waals surface area contributed by atoms with Gasteiger partial charge in [0.25, 0.3) is 0 Å². The van der Waals surface area contributed by atoms with Crippen LogP contribution in [-0.4, -0.2) is 0 Å². The summed E-state index contributed by atoms with van der Waals surface area (Å²) < 4.78 is 4.19. The Labute approximate surface area is 225 Å². The molecule has 0 fully saturated rings. The van der Waals surface area contributed by atoms with Gasteiger partial charge in [-0.15, -0.1) is 0 Å². The SMILES string of the molecule is C[n+]1ccc(-c2cc3ccc2CCc2ccc(c(-c4cc[n+](C)cc4)c2)CC3)cc1.[I-].[I-]. The van der Waals surface area contributed by atoms with E-state index in [9.17, 15) is 0 Å². The third kappa shape index (κ3) is 5.39. The lowest BCUT2D eigenvalue weighted by molar-refractivity contribution is -0.671. The number of benzene rings is 2. The minimum atomic E-state index is 0. The quantitative estimate of drug-likeness (QED) is 0.187. The third-order valence-electron chi connectivity index (χ3n) is 6.29. The van der Waals surface area contributed by atoms with Gasteiger partial charge in [-0.1, -0.05) is 36.4 Å². The van der Waals surface area contributed by atoms with Gasteiger partial charge in [-0.2, -0.15) is 0 Å². The van der Waals surface area contributed by atoms with Gasteiger partial charge in [-0.25, -0.2) is 9.13 Å². The Bertz CT molecular complexity index is 1100. The molecular weight excluding hydrogens is 618 g/mol. The van der Waals surface area contributed by atoms with Crippen molar-refractivity contribution in [3.05, 3.63) is 108 Å². The Morgan fingerprint density at radius 3 is 1.25 bits per heavy atom. The van der Waals surface area contributed by atoms with E-state index in [2.05, 4.69) is 109 Å². The van der Waals surface area contributed by atoms with Crippen LogP contribution in [0.5, 0.6) is 0 Å².